The fourth-order valence-electron chi connectivity index (χ4n) is 5.59. The number of carboxylic acid groups (broad SMARTS) is 1. The molecule has 3 aliphatic heterocycles. The summed E-state index contributed by atoms with van der Waals surface area (Å²) in [6.07, 6.45) is 2.61. The van der Waals surface area contributed by atoms with Gasteiger partial charge in [-0.05, 0) is 44.8 Å². The molecule has 0 aromatic heterocycles. The summed E-state index contributed by atoms with van der Waals surface area (Å²) in [5, 5.41) is 8.82. The second-order valence-corrected chi connectivity index (χ2v) is 10.4. The van der Waals surface area contributed by atoms with Crippen molar-refractivity contribution in [3.8, 4) is 0 Å². The summed E-state index contributed by atoms with van der Waals surface area (Å²) in [4.78, 5) is 34.9. The fourth-order valence-corrected chi connectivity index (χ4v) is 5.59. The number of hydrogen-bond donors (Lipinski definition) is 1. The predicted octanol–water partition coefficient (Wildman–Crippen LogP) is 2.23. The van der Waals surface area contributed by atoms with Crippen LogP contribution in [0.1, 0.15) is 38.2 Å². The van der Waals surface area contributed by atoms with Gasteiger partial charge in [0.15, 0.2) is 6.23 Å². The van der Waals surface area contributed by atoms with Gasteiger partial charge < -0.3 is 24.5 Å². The fraction of sp³-hybridized carbons (Fsp3) is 0.704. The second kappa shape index (κ2) is 13.4. The molecule has 1 N–H and O–H groups in total. The molecule has 1 aromatic carbocycles. The molecule has 0 radical (unpaired) electrons. The predicted molar refractivity (Wildman–Crippen MR) is 139 cm³/mol. The number of nitrogens with zero attached hydrogens (tertiary/aromatic N) is 5. The van der Waals surface area contributed by atoms with E-state index in [4.69, 9.17) is 9.84 Å². The monoisotopic (exact) mass is 501 g/mol. The molecule has 1 amide bonds. The summed E-state index contributed by atoms with van der Waals surface area (Å²) < 4.78 is 5.78. The number of carbonyl (C=O) groups excluding carboxylic acids is 1. The Labute approximate surface area is 215 Å². The highest BCUT2D eigenvalue weighted by molar-refractivity contribution is 5.70. The third-order valence-electron chi connectivity index (χ3n) is 7.83. The number of carbonyl (C=O) groups is 2. The van der Waals surface area contributed by atoms with Crippen molar-refractivity contribution < 1.29 is 19.4 Å². The minimum Gasteiger partial charge on any atom is -0.481 e. The Morgan fingerprint density at radius 2 is 1.44 bits per heavy atom. The Morgan fingerprint density at radius 1 is 0.861 bits per heavy atom. The molecule has 3 fully saturated rings. The van der Waals surface area contributed by atoms with E-state index in [2.05, 4.69) is 56.9 Å². The summed E-state index contributed by atoms with van der Waals surface area (Å²) >= 11 is 0. The van der Waals surface area contributed by atoms with E-state index in [-0.39, 0.29) is 24.8 Å². The minimum absolute atomic E-state index is 0.0533. The number of unbranched alkanes of at least 4 members (excludes halogenated alkanes) is 1. The van der Waals surface area contributed by atoms with Crippen molar-refractivity contribution in [2.75, 3.05) is 72.0 Å². The Hall–Kier alpha value is -2.20. The first kappa shape index (κ1) is 26.9. The van der Waals surface area contributed by atoms with Crippen LogP contribution in [0.2, 0.25) is 0 Å². The first-order chi connectivity index (χ1) is 17.5. The third-order valence-corrected chi connectivity index (χ3v) is 7.83. The number of hydrogen-bond acceptors (Lipinski definition) is 7. The van der Waals surface area contributed by atoms with E-state index in [1.54, 1.807) is 0 Å². The summed E-state index contributed by atoms with van der Waals surface area (Å²) in [5.74, 6) is -0.734. The van der Waals surface area contributed by atoms with E-state index < -0.39 is 5.97 Å². The van der Waals surface area contributed by atoms with Gasteiger partial charge in [0.1, 0.15) is 0 Å². The van der Waals surface area contributed by atoms with E-state index in [1.807, 2.05) is 4.90 Å². The van der Waals surface area contributed by atoms with Crippen molar-refractivity contribution in [3.63, 3.8) is 0 Å². The van der Waals surface area contributed by atoms with E-state index in [0.29, 0.717) is 6.42 Å². The summed E-state index contributed by atoms with van der Waals surface area (Å²) in [6, 6.07) is 10.7. The Kier molecular flexibility index (Phi) is 9.98. The minimum atomic E-state index is -0.734. The van der Waals surface area contributed by atoms with Crippen molar-refractivity contribution in [1.29, 1.82) is 0 Å². The van der Waals surface area contributed by atoms with E-state index in [0.717, 1.165) is 91.4 Å². The lowest BCUT2D eigenvalue weighted by Gasteiger charge is -2.38. The van der Waals surface area contributed by atoms with Gasteiger partial charge in [0.25, 0.3) is 0 Å². The molecule has 3 heterocycles. The summed E-state index contributed by atoms with van der Waals surface area (Å²) in [6.45, 7) is 13.7. The van der Waals surface area contributed by atoms with Gasteiger partial charge >= 0.3 is 12.1 Å². The molecule has 4 rings (SSSR count). The van der Waals surface area contributed by atoms with Gasteiger partial charge in [0.2, 0.25) is 0 Å². The van der Waals surface area contributed by atoms with Gasteiger partial charge in [-0.1, -0.05) is 30.3 Å². The Morgan fingerprint density at radius 3 is 2.11 bits per heavy atom. The zero-order valence-corrected chi connectivity index (χ0v) is 21.8. The van der Waals surface area contributed by atoms with Gasteiger partial charge in [-0.15, -0.1) is 0 Å². The molecule has 36 heavy (non-hydrogen) atoms. The van der Waals surface area contributed by atoms with Crippen LogP contribution in [0.25, 0.3) is 0 Å². The van der Waals surface area contributed by atoms with Gasteiger partial charge in [-0.3, -0.25) is 14.6 Å². The van der Waals surface area contributed by atoms with Crippen LogP contribution in [0, 0.1) is 0 Å². The molecule has 0 saturated carbocycles. The van der Waals surface area contributed by atoms with E-state index in [1.165, 1.54) is 5.56 Å². The largest absolute Gasteiger partial charge is 0.481 e. The van der Waals surface area contributed by atoms with E-state index in [9.17, 15) is 9.59 Å². The molecule has 1 aromatic rings. The molecule has 9 nitrogen and oxygen atoms in total. The van der Waals surface area contributed by atoms with Crippen molar-refractivity contribution >= 4 is 12.1 Å². The number of piperazine rings is 2. The summed E-state index contributed by atoms with van der Waals surface area (Å²) in [5.41, 5.74) is 1.38. The van der Waals surface area contributed by atoms with Gasteiger partial charge in [0, 0.05) is 71.9 Å². The number of aliphatic carboxylic acids is 1. The van der Waals surface area contributed by atoms with Crippen molar-refractivity contribution in [2.24, 2.45) is 0 Å². The van der Waals surface area contributed by atoms with Crippen LogP contribution >= 0.6 is 0 Å². The molecular formula is C27H43N5O4. The first-order valence-electron chi connectivity index (χ1n) is 13.6. The zero-order valence-electron chi connectivity index (χ0n) is 21.8. The normalized spacial score (nSPS) is 24.8. The lowest BCUT2D eigenvalue weighted by molar-refractivity contribution is -0.137. The molecule has 0 bridgehead atoms. The number of cyclic esters (lactones) is 1. The smallest absolute Gasteiger partial charge is 0.411 e. The molecular weight excluding hydrogens is 458 g/mol. The first-order valence-corrected chi connectivity index (χ1v) is 13.6. The lowest BCUT2D eigenvalue weighted by atomic mass is 10.2. The zero-order chi connectivity index (χ0) is 25.3. The Bertz CT molecular complexity index is 825. The molecule has 0 spiro atoms. The molecule has 3 saturated heterocycles. The van der Waals surface area contributed by atoms with Crippen LogP contribution in [0.3, 0.4) is 0 Å². The molecule has 9 heteroatoms. The Balaban J connectivity index is 1.10. The number of ether oxygens (including phenoxy) is 1. The maximum absolute atomic E-state index is 12.6. The maximum Gasteiger partial charge on any atom is 0.411 e. The highest BCUT2D eigenvalue weighted by atomic mass is 16.6. The average molecular weight is 502 g/mol. The summed E-state index contributed by atoms with van der Waals surface area (Å²) in [7, 11) is 0. The molecule has 2 atom stereocenters. The molecule has 3 aliphatic rings. The van der Waals surface area contributed by atoms with Crippen LogP contribution in [-0.2, 0) is 16.1 Å². The number of rotatable bonds is 12. The van der Waals surface area contributed by atoms with Crippen LogP contribution < -0.4 is 0 Å². The van der Waals surface area contributed by atoms with Gasteiger partial charge in [-0.25, -0.2) is 4.79 Å². The standard InChI is InChI=1S/C27H43N5O4/c1-23-26(31-20-18-29(19-21-31)12-7-10-25(33)34)36-27(35)32(23)13-6-5-11-28-14-16-30(17-15-28)22-24-8-3-2-4-9-24/h2-4,8-9,23,26H,5-7,10-22H2,1H3,(H,33,34). The molecule has 200 valence electrons. The van der Waals surface area contributed by atoms with Crippen LogP contribution in [0.15, 0.2) is 30.3 Å². The number of carboxylic acids is 1. The van der Waals surface area contributed by atoms with Crippen LogP contribution in [0.5, 0.6) is 0 Å². The van der Waals surface area contributed by atoms with Crippen LogP contribution in [-0.4, -0.2) is 126 Å². The van der Waals surface area contributed by atoms with Crippen molar-refractivity contribution in [2.45, 2.75) is 51.4 Å². The number of amides is 1. The highest BCUT2D eigenvalue weighted by Gasteiger charge is 2.42. The number of benzene rings is 1. The van der Waals surface area contributed by atoms with E-state index >= 15 is 0 Å². The maximum atomic E-state index is 12.6. The average Bonchev–Trinajstić information content (AvgIpc) is 3.17. The second-order valence-electron chi connectivity index (χ2n) is 10.4. The molecule has 2 unspecified atom stereocenters. The highest BCUT2D eigenvalue weighted by Crippen LogP contribution is 2.24. The quantitative estimate of drug-likeness (QED) is 0.437. The van der Waals surface area contributed by atoms with Gasteiger partial charge in [-0.2, -0.15) is 0 Å². The third kappa shape index (κ3) is 7.65. The topological polar surface area (TPSA) is 79.8 Å². The lowest BCUT2D eigenvalue weighted by Crippen LogP contribution is -2.53. The van der Waals surface area contributed by atoms with Crippen molar-refractivity contribution in [1.82, 2.24) is 24.5 Å². The van der Waals surface area contributed by atoms with Crippen molar-refractivity contribution in [3.05, 3.63) is 35.9 Å². The van der Waals surface area contributed by atoms with Gasteiger partial charge in [0.05, 0.1) is 6.04 Å². The molecule has 0 aliphatic carbocycles. The SMILES string of the molecule is CC1C(N2CCN(CCCC(=O)O)CC2)OC(=O)N1CCCCN1CCN(Cc2ccccc2)CC1. The van der Waals surface area contributed by atoms with Crippen LogP contribution in [0.4, 0.5) is 4.79 Å².